The van der Waals surface area contributed by atoms with Crippen LogP contribution in [-0.4, -0.2) is 24.0 Å². The second kappa shape index (κ2) is 11.8. The Morgan fingerprint density at radius 1 is 0.882 bits per heavy atom. The molecule has 0 unspecified atom stereocenters. The first-order valence-corrected chi connectivity index (χ1v) is 11.3. The highest BCUT2D eigenvalue weighted by Gasteiger charge is 2.14. The minimum absolute atomic E-state index is 0.201. The molecule has 0 aliphatic heterocycles. The molecule has 3 aromatic carbocycles. The molecule has 1 amide bonds. The van der Waals surface area contributed by atoms with Crippen molar-refractivity contribution in [2.45, 2.75) is 39.4 Å². The van der Waals surface area contributed by atoms with E-state index in [0.29, 0.717) is 30.0 Å². The first kappa shape index (κ1) is 24.8. The molecule has 0 fully saturated rings. The molecule has 0 aliphatic carbocycles. The van der Waals surface area contributed by atoms with Gasteiger partial charge in [0.25, 0.3) is 5.91 Å². The lowest BCUT2D eigenvalue weighted by molar-refractivity contribution is -0.148. The molecular formula is C29H31NO4. The number of hydrogen-bond donors (Lipinski definition) is 1. The van der Waals surface area contributed by atoms with Crippen LogP contribution in [0, 0.1) is 0 Å². The van der Waals surface area contributed by atoms with Crippen LogP contribution >= 0.6 is 0 Å². The van der Waals surface area contributed by atoms with Crippen LogP contribution in [-0.2, 0) is 22.6 Å². The third kappa shape index (κ3) is 8.58. The summed E-state index contributed by atoms with van der Waals surface area (Å²) < 4.78 is 11.3. The summed E-state index contributed by atoms with van der Waals surface area (Å²) in [5.74, 6) is -0.103. The van der Waals surface area contributed by atoms with E-state index in [1.165, 1.54) is 6.08 Å². The van der Waals surface area contributed by atoms with Crippen LogP contribution in [0.5, 0.6) is 5.75 Å². The zero-order valence-electron chi connectivity index (χ0n) is 19.9. The number of hydrogen-bond acceptors (Lipinski definition) is 4. The molecule has 0 aromatic heterocycles. The van der Waals surface area contributed by atoms with Crippen molar-refractivity contribution in [3.8, 4) is 5.75 Å². The van der Waals surface area contributed by atoms with Gasteiger partial charge in [0.1, 0.15) is 18.0 Å². The van der Waals surface area contributed by atoms with Gasteiger partial charge in [0.2, 0.25) is 0 Å². The summed E-state index contributed by atoms with van der Waals surface area (Å²) in [7, 11) is 0. The molecule has 1 N–H and O–H groups in total. The van der Waals surface area contributed by atoms with Gasteiger partial charge in [0, 0.05) is 18.2 Å². The summed E-state index contributed by atoms with van der Waals surface area (Å²) in [6, 6.07) is 25.0. The lowest BCUT2D eigenvalue weighted by atomic mass is 10.1. The van der Waals surface area contributed by atoms with Crippen molar-refractivity contribution in [3.63, 3.8) is 0 Å². The van der Waals surface area contributed by atoms with Gasteiger partial charge in [-0.25, -0.2) is 4.79 Å². The maximum absolute atomic E-state index is 12.9. The molecule has 5 nitrogen and oxygen atoms in total. The van der Waals surface area contributed by atoms with Crippen LogP contribution in [0.3, 0.4) is 0 Å². The van der Waals surface area contributed by atoms with Gasteiger partial charge in [-0.05, 0) is 68.2 Å². The van der Waals surface area contributed by atoms with Crippen LogP contribution in [0.2, 0.25) is 0 Å². The summed E-state index contributed by atoms with van der Waals surface area (Å²) >= 11 is 0. The Kier molecular flexibility index (Phi) is 8.63. The van der Waals surface area contributed by atoms with E-state index in [2.05, 4.69) is 5.32 Å². The molecule has 3 rings (SSSR count). The third-order valence-electron chi connectivity index (χ3n) is 4.80. The number of nitrogens with one attached hydrogen (secondary N) is 1. The van der Waals surface area contributed by atoms with Crippen molar-refractivity contribution in [1.82, 2.24) is 5.32 Å². The maximum atomic E-state index is 12.9. The van der Waals surface area contributed by atoms with Crippen molar-refractivity contribution in [1.29, 1.82) is 0 Å². The number of esters is 1. The van der Waals surface area contributed by atoms with Crippen molar-refractivity contribution in [2.75, 3.05) is 6.54 Å². The lowest BCUT2D eigenvalue weighted by Crippen LogP contribution is -2.25. The second-order valence-corrected chi connectivity index (χ2v) is 8.92. The standard InChI is InChI=1S/C29H31NO4/c1-29(2,3)34-27(31)15-14-24-18-25(28(32)30-17-16-22-10-6-4-7-11-22)20-26(19-24)33-21-23-12-8-5-9-13-23/h4-15,18-20H,16-17,21H2,1-3H3,(H,30,32)/b15-14+. The Labute approximate surface area is 201 Å². The molecule has 0 aliphatic rings. The maximum Gasteiger partial charge on any atom is 0.331 e. The minimum Gasteiger partial charge on any atom is -0.489 e. The molecule has 34 heavy (non-hydrogen) atoms. The molecule has 176 valence electrons. The molecule has 5 heteroatoms. The molecule has 0 spiro atoms. The topological polar surface area (TPSA) is 64.6 Å². The Morgan fingerprint density at radius 2 is 1.53 bits per heavy atom. The summed E-state index contributed by atoms with van der Waals surface area (Å²) in [6.07, 6.45) is 3.73. The largest absolute Gasteiger partial charge is 0.489 e. The first-order chi connectivity index (χ1) is 16.3. The van der Waals surface area contributed by atoms with E-state index in [4.69, 9.17) is 9.47 Å². The van der Waals surface area contributed by atoms with E-state index in [9.17, 15) is 9.59 Å². The highest BCUT2D eigenvalue weighted by molar-refractivity contribution is 5.95. The van der Waals surface area contributed by atoms with Crippen LogP contribution in [0.15, 0.2) is 84.9 Å². The van der Waals surface area contributed by atoms with Gasteiger partial charge in [0.05, 0.1) is 0 Å². The van der Waals surface area contributed by atoms with Gasteiger partial charge in [0.15, 0.2) is 0 Å². The summed E-state index contributed by atoms with van der Waals surface area (Å²) in [6.45, 7) is 6.33. The number of carbonyl (C=O) groups excluding carboxylic acids is 2. The zero-order valence-corrected chi connectivity index (χ0v) is 19.9. The fourth-order valence-electron chi connectivity index (χ4n) is 3.24. The number of benzene rings is 3. The number of carbonyl (C=O) groups is 2. The van der Waals surface area contributed by atoms with Gasteiger partial charge in [-0.2, -0.15) is 0 Å². The quantitative estimate of drug-likeness (QED) is 0.336. The van der Waals surface area contributed by atoms with Crippen LogP contribution < -0.4 is 10.1 Å². The van der Waals surface area contributed by atoms with Crippen LogP contribution in [0.25, 0.3) is 6.08 Å². The number of ether oxygens (including phenoxy) is 2. The summed E-state index contributed by atoms with van der Waals surface area (Å²) in [5, 5.41) is 2.96. The average Bonchev–Trinajstić information content (AvgIpc) is 2.81. The fourth-order valence-corrected chi connectivity index (χ4v) is 3.24. The van der Waals surface area contributed by atoms with Crippen molar-refractivity contribution < 1.29 is 19.1 Å². The van der Waals surface area contributed by atoms with Crippen LogP contribution in [0.4, 0.5) is 0 Å². The first-order valence-electron chi connectivity index (χ1n) is 11.3. The molecule has 3 aromatic rings. The number of rotatable bonds is 9. The van der Waals surface area contributed by atoms with Gasteiger partial charge in [-0.1, -0.05) is 60.7 Å². The molecule has 0 saturated heterocycles. The van der Waals surface area contributed by atoms with Gasteiger partial charge in [-0.3, -0.25) is 4.79 Å². The van der Waals surface area contributed by atoms with Crippen molar-refractivity contribution in [3.05, 3.63) is 107 Å². The highest BCUT2D eigenvalue weighted by atomic mass is 16.6. The van der Waals surface area contributed by atoms with Crippen molar-refractivity contribution >= 4 is 18.0 Å². The molecule has 0 atom stereocenters. The van der Waals surface area contributed by atoms with Gasteiger partial charge < -0.3 is 14.8 Å². The second-order valence-electron chi connectivity index (χ2n) is 8.92. The van der Waals surface area contributed by atoms with E-state index in [1.807, 2.05) is 81.4 Å². The molecule has 0 saturated carbocycles. The van der Waals surface area contributed by atoms with Gasteiger partial charge >= 0.3 is 5.97 Å². The SMILES string of the molecule is CC(C)(C)OC(=O)/C=C/c1cc(OCc2ccccc2)cc(C(=O)NCCc2ccccc2)c1. The number of amides is 1. The molecule has 0 heterocycles. The van der Waals surface area contributed by atoms with E-state index in [1.54, 1.807) is 24.3 Å². The minimum atomic E-state index is -0.578. The Bertz CT molecular complexity index is 1120. The summed E-state index contributed by atoms with van der Waals surface area (Å²) in [4.78, 5) is 25.0. The molecule has 0 radical (unpaired) electrons. The van der Waals surface area contributed by atoms with E-state index < -0.39 is 11.6 Å². The van der Waals surface area contributed by atoms with E-state index in [-0.39, 0.29) is 5.91 Å². The average molecular weight is 458 g/mol. The van der Waals surface area contributed by atoms with E-state index in [0.717, 1.165) is 17.5 Å². The Balaban J connectivity index is 1.73. The zero-order chi connectivity index (χ0) is 24.4. The summed E-state index contributed by atoms with van der Waals surface area (Å²) in [5.41, 5.74) is 2.73. The molecular weight excluding hydrogens is 426 g/mol. The smallest absolute Gasteiger partial charge is 0.331 e. The van der Waals surface area contributed by atoms with Gasteiger partial charge in [-0.15, -0.1) is 0 Å². The van der Waals surface area contributed by atoms with Crippen LogP contribution in [0.1, 0.15) is 47.8 Å². The third-order valence-corrected chi connectivity index (χ3v) is 4.80. The predicted molar refractivity (Wildman–Crippen MR) is 135 cm³/mol. The monoisotopic (exact) mass is 457 g/mol. The predicted octanol–water partition coefficient (Wildman–Crippen LogP) is 5.59. The lowest BCUT2D eigenvalue weighted by Gasteiger charge is -2.17. The highest BCUT2D eigenvalue weighted by Crippen LogP contribution is 2.20. The Hall–Kier alpha value is -3.86. The fraction of sp³-hybridized carbons (Fsp3) is 0.241. The molecule has 0 bridgehead atoms. The normalized spacial score (nSPS) is 11.3. The van der Waals surface area contributed by atoms with Crippen molar-refractivity contribution in [2.24, 2.45) is 0 Å². The van der Waals surface area contributed by atoms with E-state index >= 15 is 0 Å². The Morgan fingerprint density at radius 3 is 2.18 bits per heavy atom.